The number of aromatic nitrogens is 1. The molecule has 0 fully saturated rings. The number of nitrogens with zero attached hydrogens (tertiary/aromatic N) is 1. The number of halogens is 1. The van der Waals surface area contributed by atoms with Gasteiger partial charge in [-0.1, -0.05) is 42.8 Å². The lowest BCUT2D eigenvalue weighted by Gasteiger charge is -2.24. The number of fused-ring (bicyclic) bond motifs is 1. The molecule has 0 aliphatic heterocycles. The molecule has 21 heavy (non-hydrogen) atoms. The van der Waals surface area contributed by atoms with Gasteiger partial charge in [0.15, 0.2) is 0 Å². The van der Waals surface area contributed by atoms with Gasteiger partial charge in [0.2, 0.25) is 0 Å². The number of hydrogen-bond acceptors (Lipinski definition) is 3. The molecule has 5 nitrogen and oxygen atoms in total. The van der Waals surface area contributed by atoms with Crippen LogP contribution in [0.4, 0.5) is 0 Å². The van der Waals surface area contributed by atoms with E-state index in [4.69, 9.17) is 11.6 Å². The van der Waals surface area contributed by atoms with Gasteiger partial charge in [0, 0.05) is 5.39 Å². The summed E-state index contributed by atoms with van der Waals surface area (Å²) in [4.78, 5) is 27.5. The van der Waals surface area contributed by atoms with Gasteiger partial charge in [-0.2, -0.15) is 0 Å². The molecule has 0 aliphatic carbocycles. The van der Waals surface area contributed by atoms with Crippen LogP contribution in [0.3, 0.4) is 0 Å². The molecule has 1 unspecified atom stereocenters. The maximum absolute atomic E-state index is 12.2. The van der Waals surface area contributed by atoms with Gasteiger partial charge in [-0.05, 0) is 24.8 Å². The number of aliphatic carboxylic acids is 1. The van der Waals surface area contributed by atoms with E-state index in [0.717, 1.165) is 10.8 Å². The van der Waals surface area contributed by atoms with Gasteiger partial charge >= 0.3 is 5.97 Å². The molecule has 0 spiro atoms. The molecule has 0 saturated carbocycles. The average Bonchev–Trinajstić information content (AvgIpc) is 2.46. The summed E-state index contributed by atoms with van der Waals surface area (Å²) in [5.41, 5.74) is -1.24. The molecule has 0 radical (unpaired) electrons. The highest BCUT2D eigenvalue weighted by atomic mass is 35.5. The molecule has 1 heterocycles. The van der Waals surface area contributed by atoms with Crippen LogP contribution in [0.5, 0.6) is 0 Å². The number of nitrogens with one attached hydrogen (secondary N) is 1. The van der Waals surface area contributed by atoms with Crippen LogP contribution in [0.15, 0.2) is 30.3 Å². The number of rotatable bonds is 4. The van der Waals surface area contributed by atoms with Crippen LogP contribution in [0, 0.1) is 0 Å². The topological polar surface area (TPSA) is 79.3 Å². The van der Waals surface area contributed by atoms with Crippen LogP contribution in [-0.2, 0) is 4.79 Å². The van der Waals surface area contributed by atoms with Crippen LogP contribution >= 0.6 is 11.6 Å². The third-order valence-electron chi connectivity index (χ3n) is 3.50. The molecule has 110 valence electrons. The van der Waals surface area contributed by atoms with Gasteiger partial charge in [-0.3, -0.25) is 4.79 Å². The van der Waals surface area contributed by atoms with Gasteiger partial charge in [0.1, 0.15) is 16.4 Å². The molecule has 0 aliphatic rings. The molecule has 2 aromatic rings. The summed E-state index contributed by atoms with van der Waals surface area (Å²) in [5.74, 6) is -1.65. The first kappa shape index (κ1) is 15.3. The fourth-order valence-electron chi connectivity index (χ4n) is 1.88. The highest BCUT2D eigenvalue weighted by Gasteiger charge is 2.33. The molecule has 1 atom stereocenters. The number of carboxylic acid groups (broad SMARTS) is 1. The zero-order chi connectivity index (χ0) is 15.6. The van der Waals surface area contributed by atoms with Crippen molar-refractivity contribution < 1.29 is 14.7 Å². The predicted molar refractivity (Wildman–Crippen MR) is 80.6 cm³/mol. The van der Waals surface area contributed by atoms with E-state index in [1.807, 2.05) is 18.2 Å². The lowest BCUT2D eigenvalue weighted by atomic mass is 9.99. The number of amides is 1. The Bertz CT molecular complexity index is 717. The lowest BCUT2D eigenvalue weighted by Crippen LogP contribution is -2.51. The lowest BCUT2D eigenvalue weighted by molar-refractivity contribution is -0.143. The van der Waals surface area contributed by atoms with Crippen LogP contribution in [0.25, 0.3) is 10.8 Å². The van der Waals surface area contributed by atoms with Crippen molar-refractivity contribution in [2.24, 2.45) is 0 Å². The molecule has 2 rings (SSSR count). The van der Waals surface area contributed by atoms with E-state index in [2.05, 4.69) is 10.3 Å². The van der Waals surface area contributed by atoms with E-state index >= 15 is 0 Å². The third-order valence-corrected chi connectivity index (χ3v) is 3.78. The average molecular weight is 307 g/mol. The molecular formula is C15H15ClN2O3. The van der Waals surface area contributed by atoms with Crippen molar-refractivity contribution in [3.63, 3.8) is 0 Å². The standard InChI is InChI=1S/C15H15ClN2O3/c1-3-15(2,14(20)21)18-13(19)11-8-9-6-4-5-7-10(9)12(16)17-11/h4-8H,3H2,1-2H3,(H,18,19)(H,20,21). The second kappa shape index (κ2) is 5.69. The van der Waals surface area contributed by atoms with Gasteiger partial charge in [-0.15, -0.1) is 0 Å². The summed E-state index contributed by atoms with van der Waals surface area (Å²) in [5, 5.41) is 13.4. The van der Waals surface area contributed by atoms with E-state index in [1.165, 1.54) is 6.92 Å². The third kappa shape index (κ3) is 2.97. The number of carbonyl (C=O) groups excluding carboxylic acids is 1. The predicted octanol–water partition coefficient (Wildman–Crippen LogP) is 2.87. The Balaban J connectivity index is 2.38. The highest BCUT2D eigenvalue weighted by Crippen LogP contribution is 2.22. The second-order valence-electron chi connectivity index (χ2n) is 4.96. The summed E-state index contributed by atoms with van der Waals surface area (Å²) in [6, 6.07) is 8.87. The summed E-state index contributed by atoms with van der Waals surface area (Å²) in [7, 11) is 0. The second-order valence-corrected chi connectivity index (χ2v) is 5.32. The van der Waals surface area contributed by atoms with Crippen LogP contribution in [-0.4, -0.2) is 27.5 Å². The Morgan fingerprint density at radius 3 is 2.67 bits per heavy atom. The smallest absolute Gasteiger partial charge is 0.329 e. The van der Waals surface area contributed by atoms with E-state index in [9.17, 15) is 14.7 Å². The minimum absolute atomic E-state index is 0.0969. The van der Waals surface area contributed by atoms with Gasteiger partial charge in [-0.25, -0.2) is 9.78 Å². The van der Waals surface area contributed by atoms with Gasteiger partial charge in [0.05, 0.1) is 0 Å². The summed E-state index contributed by atoms with van der Waals surface area (Å²) < 4.78 is 0. The minimum Gasteiger partial charge on any atom is -0.480 e. The monoisotopic (exact) mass is 306 g/mol. The van der Waals surface area contributed by atoms with Gasteiger partial charge < -0.3 is 10.4 Å². The summed E-state index contributed by atoms with van der Waals surface area (Å²) >= 11 is 6.07. The zero-order valence-electron chi connectivity index (χ0n) is 11.7. The van der Waals surface area contributed by atoms with Crippen molar-refractivity contribution in [1.29, 1.82) is 0 Å². The van der Waals surface area contributed by atoms with Crippen molar-refractivity contribution in [3.8, 4) is 0 Å². The largest absolute Gasteiger partial charge is 0.480 e. The molecule has 1 amide bonds. The molecule has 0 bridgehead atoms. The Morgan fingerprint density at radius 2 is 2.05 bits per heavy atom. The van der Waals surface area contributed by atoms with Crippen LogP contribution in [0.2, 0.25) is 5.15 Å². The molecule has 6 heteroatoms. The van der Waals surface area contributed by atoms with Crippen LogP contribution in [0.1, 0.15) is 30.8 Å². The maximum Gasteiger partial charge on any atom is 0.329 e. The summed E-state index contributed by atoms with van der Waals surface area (Å²) in [6.07, 6.45) is 0.259. The first-order chi connectivity index (χ1) is 9.87. The fourth-order valence-corrected chi connectivity index (χ4v) is 2.14. The van der Waals surface area contributed by atoms with Crippen molar-refractivity contribution in [3.05, 3.63) is 41.2 Å². The first-order valence-corrected chi connectivity index (χ1v) is 6.86. The van der Waals surface area contributed by atoms with E-state index in [0.29, 0.717) is 0 Å². The maximum atomic E-state index is 12.2. The van der Waals surface area contributed by atoms with E-state index in [1.54, 1.807) is 19.1 Å². The van der Waals surface area contributed by atoms with Crippen molar-refractivity contribution in [2.75, 3.05) is 0 Å². The Labute approximate surface area is 126 Å². The molecule has 0 saturated heterocycles. The van der Waals surface area contributed by atoms with E-state index < -0.39 is 17.4 Å². The molecule has 2 N–H and O–H groups in total. The molecule has 1 aromatic heterocycles. The Morgan fingerprint density at radius 1 is 1.38 bits per heavy atom. The Kier molecular flexibility index (Phi) is 4.14. The quantitative estimate of drug-likeness (QED) is 0.851. The number of hydrogen-bond donors (Lipinski definition) is 2. The van der Waals surface area contributed by atoms with Crippen molar-refractivity contribution >= 4 is 34.2 Å². The summed E-state index contributed by atoms with van der Waals surface area (Å²) in [6.45, 7) is 3.14. The number of carbonyl (C=O) groups is 2. The number of benzene rings is 1. The fraction of sp³-hybridized carbons (Fsp3) is 0.267. The zero-order valence-corrected chi connectivity index (χ0v) is 12.4. The van der Waals surface area contributed by atoms with Crippen molar-refractivity contribution in [2.45, 2.75) is 25.8 Å². The van der Waals surface area contributed by atoms with E-state index in [-0.39, 0.29) is 17.3 Å². The molecular weight excluding hydrogens is 292 g/mol. The normalized spacial score (nSPS) is 13.7. The minimum atomic E-state index is -1.34. The highest BCUT2D eigenvalue weighted by molar-refractivity contribution is 6.34. The number of carboxylic acids is 1. The molecule has 1 aromatic carbocycles. The van der Waals surface area contributed by atoms with Gasteiger partial charge in [0.25, 0.3) is 5.91 Å². The first-order valence-electron chi connectivity index (χ1n) is 6.48. The van der Waals surface area contributed by atoms with Crippen molar-refractivity contribution in [1.82, 2.24) is 10.3 Å². The SMILES string of the molecule is CCC(C)(NC(=O)c1cc2ccccc2c(Cl)n1)C(=O)O. The van der Waals surface area contributed by atoms with Crippen LogP contribution < -0.4 is 5.32 Å². The Hall–Kier alpha value is -2.14. The number of pyridine rings is 1.